The van der Waals surface area contributed by atoms with Gasteiger partial charge in [-0.2, -0.15) is 0 Å². The van der Waals surface area contributed by atoms with Crippen molar-refractivity contribution in [3.05, 3.63) is 23.8 Å². The highest BCUT2D eigenvalue weighted by Gasteiger charge is 2.21. The largest absolute Gasteiger partial charge is 0.397 e. The Hall–Kier alpha value is -1.71. The zero-order valence-corrected chi connectivity index (χ0v) is 11.8. The monoisotopic (exact) mass is 261 g/mol. The molecule has 1 aromatic rings. The number of carbonyl (C=O) groups excluding carboxylic acids is 1. The van der Waals surface area contributed by atoms with E-state index < -0.39 is 0 Å². The summed E-state index contributed by atoms with van der Waals surface area (Å²) in [5, 5.41) is 2.82. The third-order valence-electron chi connectivity index (χ3n) is 3.74. The molecule has 1 saturated heterocycles. The van der Waals surface area contributed by atoms with E-state index in [1.807, 2.05) is 19.1 Å². The van der Waals surface area contributed by atoms with Crippen LogP contribution in [0.4, 0.5) is 11.4 Å². The van der Waals surface area contributed by atoms with Gasteiger partial charge >= 0.3 is 0 Å². The van der Waals surface area contributed by atoms with Crippen LogP contribution in [0.1, 0.15) is 43.5 Å². The van der Waals surface area contributed by atoms with Gasteiger partial charge in [0.2, 0.25) is 0 Å². The maximum absolute atomic E-state index is 11.9. The molecule has 1 atom stereocenters. The summed E-state index contributed by atoms with van der Waals surface area (Å²) in [7, 11) is 0. The molecule has 1 unspecified atom stereocenters. The van der Waals surface area contributed by atoms with Crippen LogP contribution in [0.5, 0.6) is 0 Å². The zero-order chi connectivity index (χ0) is 13.8. The Morgan fingerprint density at radius 1 is 1.47 bits per heavy atom. The van der Waals surface area contributed by atoms with E-state index in [1.54, 1.807) is 6.07 Å². The van der Waals surface area contributed by atoms with Crippen LogP contribution < -0.4 is 16.0 Å². The SMILES string of the molecule is CCNC(=O)c1ccc(N)c(N2CCCCC2C)c1. The number of hydrogen-bond donors (Lipinski definition) is 2. The normalized spacial score (nSPS) is 19.3. The molecule has 4 nitrogen and oxygen atoms in total. The molecule has 0 aliphatic carbocycles. The van der Waals surface area contributed by atoms with Crippen molar-refractivity contribution < 1.29 is 4.79 Å². The second-order valence-corrected chi connectivity index (χ2v) is 5.17. The molecule has 3 N–H and O–H groups in total. The van der Waals surface area contributed by atoms with Crippen LogP contribution in [0.2, 0.25) is 0 Å². The number of nitrogen functional groups attached to an aromatic ring is 1. The number of nitrogens with zero attached hydrogens (tertiary/aromatic N) is 1. The number of nitrogens with two attached hydrogens (primary N) is 1. The molecule has 1 aromatic carbocycles. The Balaban J connectivity index is 2.28. The minimum absolute atomic E-state index is 0.0339. The molecule has 0 radical (unpaired) electrons. The first-order chi connectivity index (χ1) is 9.13. The van der Waals surface area contributed by atoms with Crippen molar-refractivity contribution in [2.24, 2.45) is 0 Å². The van der Waals surface area contributed by atoms with Gasteiger partial charge in [-0.1, -0.05) is 0 Å². The number of amides is 1. The van der Waals surface area contributed by atoms with E-state index in [0.29, 0.717) is 18.2 Å². The number of carbonyl (C=O) groups is 1. The van der Waals surface area contributed by atoms with Crippen LogP contribution in [0.25, 0.3) is 0 Å². The van der Waals surface area contributed by atoms with Crippen LogP contribution in [-0.2, 0) is 0 Å². The molecule has 0 saturated carbocycles. The highest BCUT2D eigenvalue weighted by molar-refractivity contribution is 5.96. The predicted octanol–water partition coefficient (Wildman–Crippen LogP) is 2.40. The van der Waals surface area contributed by atoms with Crippen molar-refractivity contribution in [1.82, 2.24) is 5.32 Å². The van der Waals surface area contributed by atoms with Gasteiger partial charge in [-0.15, -0.1) is 0 Å². The van der Waals surface area contributed by atoms with Crippen molar-refractivity contribution in [2.75, 3.05) is 23.7 Å². The number of rotatable bonds is 3. The smallest absolute Gasteiger partial charge is 0.251 e. The summed E-state index contributed by atoms with van der Waals surface area (Å²) >= 11 is 0. The average Bonchev–Trinajstić information content (AvgIpc) is 2.40. The average molecular weight is 261 g/mol. The van der Waals surface area contributed by atoms with Crippen molar-refractivity contribution >= 4 is 17.3 Å². The van der Waals surface area contributed by atoms with Crippen LogP contribution in [-0.4, -0.2) is 25.0 Å². The molecule has 104 valence electrons. The third-order valence-corrected chi connectivity index (χ3v) is 3.74. The topological polar surface area (TPSA) is 58.4 Å². The molecule has 4 heteroatoms. The van der Waals surface area contributed by atoms with Crippen LogP contribution in [0, 0.1) is 0 Å². The van der Waals surface area contributed by atoms with Crippen molar-refractivity contribution in [3.8, 4) is 0 Å². The maximum Gasteiger partial charge on any atom is 0.251 e. The van der Waals surface area contributed by atoms with Gasteiger partial charge in [-0.05, 0) is 51.3 Å². The van der Waals surface area contributed by atoms with Crippen molar-refractivity contribution in [2.45, 2.75) is 39.2 Å². The van der Waals surface area contributed by atoms with Gasteiger partial charge in [0.05, 0.1) is 11.4 Å². The quantitative estimate of drug-likeness (QED) is 0.821. The first-order valence-electron chi connectivity index (χ1n) is 7.08. The molecular weight excluding hydrogens is 238 g/mol. The fraction of sp³-hybridized carbons (Fsp3) is 0.533. The number of anilines is 2. The van der Waals surface area contributed by atoms with E-state index in [-0.39, 0.29) is 5.91 Å². The fourth-order valence-electron chi connectivity index (χ4n) is 2.65. The Morgan fingerprint density at radius 3 is 2.95 bits per heavy atom. The molecular formula is C15H23N3O. The summed E-state index contributed by atoms with van der Waals surface area (Å²) < 4.78 is 0. The van der Waals surface area contributed by atoms with E-state index in [2.05, 4.69) is 17.1 Å². The molecule has 1 fully saturated rings. The number of benzene rings is 1. The number of nitrogens with one attached hydrogen (secondary N) is 1. The summed E-state index contributed by atoms with van der Waals surface area (Å²) in [6.45, 7) is 5.79. The lowest BCUT2D eigenvalue weighted by molar-refractivity contribution is 0.0956. The Kier molecular flexibility index (Phi) is 4.30. The van der Waals surface area contributed by atoms with E-state index in [0.717, 1.165) is 17.9 Å². The van der Waals surface area contributed by atoms with Gasteiger partial charge in [0, 0.05) is 24.7 Å². The molecule has 0 aromatic heterocycles. The number of hydrogen-bond acceptors (Lipinski definition) is 3. The van der Waals surface area contributed by atoms with Gasteiger partial charge in [0.1, 0.15) is 0 Å². The summed E-state index contributed by atoms with van der Waals surface area (Å²) in [6, 6.07) is 6.03. The fourth-order valence-corrected chi connectivity index (χ4v) is 2.65. The highest BCUT2D eigenvalue weighted by atomic mass is 16.1. The minimum Gasteiger partial charge on any atom is -0.397 e. The van der Waals surface area contributed by atoms with E-state index in [1.165, 1.54) is 19.3 Å². The highest BCUT2D eigenvalue weighted by Crippen LogP contribution is 2.30. The Labute approximate surface area is 115 Å². The van der Waals surface area contributed by atoms with Crippen molar-refractivity contribution in [3.63, 3.8) is 0 Å². The van der Waals surface area contributed by atoms with Gasteiger partial charge in [-0.3, -0.25) is 4.79 Å². The van der Waals surface area contributed by atoms with Crippen LogP contribution in [0.3, 0.4) is 0 Å². The second kappa shape index (κ2) is 5.95. The van der Waals surface area contributed by atoms with Crippen LogP contribution >= 0.6 is 0 Å². The molecule has 1 aliphatic rings. The lowest BCUT2D eigenvalue weighted by Gasteiger charge is -2.36. The molecule has 1 amide bonds. The Morgan fingerprint density at radius 2 is 2.26 bits per heavy atom. The summed E-state index contributed by atoms with van der Waals surface area (Å²) in [4.78, 5) is 14.2. The first-order valence-corrected chi connectivity index (χ1v) is 7.08. The van der Waals surface area contributed by atoms with Gasteiger partial charge in [-0.25, -0.2) is 0 Å². The van der Waals surface area contributed by atoms with E-state index in [9.17, 15) is 4.79 Å². The summed E-state index contributed by atoms with van der Waals surface area (Å²) in [6.07, 6.45) is 3.65. The third kappa shape index (κ3) is 3.00. The zero-order valence-electron chi connectivity index (χ0n) is 11.8. The Bertz CT molecular complexity index is 459. The van der Waals surface area contributed by atoms with Crippen LogP contribution in [0.15, 0.2) is 18.2 Å². The van der Waals surface area contributed by atoms with E-state index in [4.69, 9.17) is 5.73 Å². The minimum atomic E-state index is -0.0339. The molecule has 0 spiro atoms. The second-order valence-electron chi connectivity index (χ2n) is 5.17. The number of piperidine rings is 1. The van der Waals surface area contributed by atoms with E-state index >= 15 is 0 Å². The van der Waals surface area contributed by atoms with Gasteiger partial charge in [0.15, 0.2) is 0 Å². The van der Waals surface area contributed by atoms with Crippen molar-refractivity contribution in [1.29, 1.82) is 0 Å². The molecule has 1 aliphatic heterocycles. The lowest BCUT2D eigenvalue weighted by atomic mass is 10.0. The van der Waals surface area contributed by atoms with Gasteiger partial charge < -0.3 is 16.0 Å². The molecule has 2 rings (SSSR count). The molecule has 19 heavy (non-hydrogen) atoms. The summed E-state index contributed by atoms with van der Waals surface area (Å²) in [5.74, 6) is -0.0339. The van der Waals surface area contributed by atoms with Gasteiger partial charge in [0.25, 0.3) is 5.91 Å². The molecule has 1 heterocycles. The standard InChI is InChI=1S/C15H23N3O/c1-3-17-15(19)12-7-8-13(16)14(10-12)18-9-5-4-6-11(18)2/h7-8,10-11H,3-6,9,16H2,1-2H3,(H,17,19). The maximum atomic E-state index is 11.9. The predicted molar refractivity (Wildman–Crippen MR) is 79.5 cm³/mol. The summed E-state index contributed by atoms with van der Waals surface area (Å²) in [5.41, 5.74) is 8.52. The first kappa shape index (κ1) is 13.7. The lowest BCUT2D eigenvalue weighted by Crippen LogP contribution is -2.38. The molecule has 0 bridgehead atoms.